The molecule has 0 aliphatic heterocycles. The fourth-order valence-electron chi connectivity index (χ4n) is 2.02. The van der Waals surface area contributed by atoms with Crippen LogP contribution in [-0.2, 0) is 6.54 Å². The molecule has 0 spiro atoms. The number of methoxy groups -OCH3 is 1. The number of benzene rings is 2. The molecule has 1 aromatic heterocycles. The minimum atomic E-state index is 0.385. The molecule has 2 aromatic carbocycles. The molecular formula is C16H13Cl2N3O2. The lowest BCUT2D eigenvalue weighted by Crippen LogP contribution is -1.99. The zero-order valence-corrected chi connectivity index (χ0v) is 13.7. The number of nitrogens with zero attached hydrogens (tertiary/aromatic N) is 2. The fourth-order valence-corrected chi connectivity index (χ4v) is 2.47. The number of halogens is 2. The molecule has 1 N–H and O–H groups in total. The van der Waals surface area contributed by atoms with Crippen molar-refractivity contribution in [1.29, 1.82) is 0 Å². The van der Waals surface area contributed by atoms with Crippen molar-refractivity contribution in [2.75, 3.05) is 12.4 Å². The molecule has 0 saturated heterocycles. The highest BCUT2D eigenvalue weighted by atomic mass is 35.5. The SMILES string of the molecule is COc1ccc(NCc2nnc(-c3cccc(Cl)c3)o2)cc1Cl. The van der Waals surface area contributed by atoms with Crippen LogP contribution in [0.5, 0.6) is 5.75 Å². The van der Waals surface area contributed by atoms with Crippen molar-refractivity contribution in [2.45, 2.75) is 6.54 Å². The molecule has 0 unspecified atom stereocenters. The molecule has 3 rings (SSSR count). The monoisotopic (exact) mass is 349 g/mol. The van der Waals surface area contributed by atoms with Gasteiger partial charge in [-0.25, -0.2) is 0 Å². The summed E-state index contributed by atoms with van der Waals surface area (Å²) >= 11 is 12.0. The first-order valence-electron chi connectivity index (χ1n) is 6.81. The van der Waals surface area contributed by atoms with E-state index in [0.29, 0.717) is 34.1 Å². The van der Waals surface area contributed by atoms with Crippen LogP contribution >= 0.6 is 23.2 Å². The van der Waals surface area contributed by atoms with Gasteiger partial charge >= 0.3 is 0 Å². The summed E-state index contributed by atoms with van der Waals surface area (Å²) in [6, 6.07) is 12.7. The number of rotatable bonds is 5. The number of hydrogen-bond donors (Lipinski definition) is 1. The third kappa shape index (κ3) is 3.75. The second-order valence-electron chi connectivity index (χ2n) is 4.71. The summed E-state index contributed by atoms with van der Waals surface area (Å²) in [7, 11) is 1.57. The van der Waals surface area contributed by atoms with Crippen LogP contribution < -0.4 is 10.1 Å². The normalized spacial score (nSPS) is 10.6. The third-order valence-corrected chi connectivity index (χ3v) is 3.66. The minimum absolute atomic E-state index is 0.385. The Kier molecular flexibility index (Phi) is 4.69. The molecule has 0 aliphatic rings. The van der Waals surface area contributed by atoms with E-state index in [0.717, 1.165) is 11.3 Å². The maximum absolute atomic E-state index is 6.08. The van der Waals surface area contributed by atoms with Gasteiger partial charge < -0.3 is 14.5 Å². The Morgan fingerprint density at radius 1 is 1.13 bits per heavy atom. The predicted octanol–water partition coefficient (Wildman–Crippen LogP) is 4.66. The summed E-state index contributed by atoms with van der Waals surface area (Å²) in [5, 5.41) is 12.4. The first kappa shape index (κ1) is 15.6. The van der Waals surface area contributed by atoms with Gasteiger partial charge in [0, 0.05) is 16.3 Å². The van der Waals surface area contributed by atoms with Gasteiger partial charge in [0.15, 0.2) is 0 Å². The van der Waals surface area contributed by atoms with E-state index in [4.69, 9.17) is 32.4 Å². The molecule has 5 nitrogen and oxygen atoms in total. The van der Waals surface area contributed by atoms with E-state index in [2.05, 4.69) is 15.5 Å². The Labute approximate surface area is 143 Å². The smallest absolute Gasteiger partial charge is 0.247 e. The third-order valence-electron chi connectivity index (χ3n) is 3.13. The standard InChI is InChI=1S/C16H13Cl2N3O2/c1-22-14-6-5-12(8-13(14)18)19-9-15-20-21-16(23-15)10-3-2-4-11(17)7-10/h2-8,19H,9H2,1H3. The maximum atomic E-state index is 6.08. The molecule has 0 saturated carbocycles. The lowest BCUT2D eigenvalue weighted by molar-refractivity contribution is 0.415. The number of aromatic nitrogens is 2. The van der Waals surface area contributed by atoms with E-state index < -0.39 is 0 Å². The van der Waals surface area contributed by atoms with Crippen molar-refractivity contribution in [3.63, 3.8) is 0 Å². The lowest BCUT2D eigenvalue weighted by Gasteiger charge is -2.07. The van der Waals surface area contributed by atoms with Crippen molar-refractivity contribution in [3.05, 3.63) is 58.4 Å². The molecular weight excluding hydrogens is 337 g/mol. The van der Waals surface area contributed by atoms with Crippen molar-refractivity contribution in [2.24, 2.45) is 0 Å². The number of anilines is 1. The highest BCUT2D eigenvalue weighted by Gasteiger charge is 2.09. The van der Waals surface area contributed by atoms with Gasteiger partial charge in [0.2, 0.25) is 11.8 Å². The molecule has 0 radical (unpaired) electrons. The second-order valence-corrected chi connectivity index (χ2v) is 5.56. The van der Waals surface area contributed by atoms with Gasteiger partial charge in [-0.2, -0.15) is 0 Å². The average Bonchev–Trinajstić information content (AvgIpc) is 3.02. The van der Waals surface area contributed by atoms with Gasteiger partial charge in [0.25, 0.3) is 0 Å². The van der Waals surface area contributed by atoms with Crippen molar-refractivity contribution in [1.82, 2.24) is 10.2 Å². The number of hydrogen-bond acceptors (Lipinski definition) is 5. The van der Waals surface area contributed by atoms with Crippen LogP contribution in [0.3, 0.4) is 0 Å². The quantitative estimate of drug-likeness (QED) is 0.725. The Bertz CT molecular complexity index is 821. The minimum Gasteiger partial charge on any atom is -0.495 e. The first-order valence-corrected chi connectivity index (χ1v) is 7.57. The van der Waals surface area contributed by atoms with Crippen LogP contribution in [0.25, 0.3) is 11.5 Å². The van der Waals surface area contributed by atoms with Gasteiger partial charge in [-0.15, -0.1) is 10.2 Å². The van der Waals surface area contributed by atoms with E-state index in [9.17, 15) is 0 Å². The zero-order valence-electron chi connectivity index (χ0n) is 12.2. The average molecular weight is 350 g/mol. The second kappa shape index (κ2) is 6.89. The maximum Gasteiger partial charge on any atom is 0.247 e. The van der Waals surface area contributed by atoms with E-state index >= 15 is 0 Å². The van der Waals surface area contributed by atoms with Gasteiger partial charge in [-0.1, -0.05) is 29.3 Å². The van der Waals surface area contributed by atoms with E-state index in [1.807, 2.05) is 18.2 Å². The summed E-state index contributed by atoms with van der Waals surface area (Å²) in [5.41, 5.74) is 1.61. The van der Waals surface area contributed by atoms with Gasteiger partial charge in [-0.05, 0) is 36.4 Å². The molecule has 0 amide bonds. The Balaban J connectivity index is 1.69. The van der Waals surface area contributed by atoms with Crippen LogP contribution in [0.2, 0.25) is 10.0 Å². The number of ether oxygens (including phenoxy) is 1. The molecule has 0 atom stereocenters. The van der Waals surface area contributed by atoms with Crippen LogP contribution in [0.1, 0.15) is 5.89 Å². The van der Waals surface area contributed by atoms with Crippen LogP contribution in [-0.4, -0.2) is 17.3 Å². The Morgan fingerprint density at radius 3 is 2.74 bits per heavy atom. The van der Waals surface area contributed by atoms with Gasteiger partial charge in [0.1, 0.15) is 5.75 Å². The van der Waals surface area contributed by atoms with Crippen molar-refractivity contribution in [3.8, 4) is 17.2 Å². The van der Waals surface area contributed by atoms with Gasteiger partial charge in [-0.3, -0.25) is 0 Å². The first-order chi connectivity index (χ1) is 11.2. The predicted molar refractivity (Wildman–Crippen MR) is 90.1 cm³/mol. The summed E-state index contributed by atoms with van der Waals surface area (Å²) in [6.07, 6.45) is 0. The van der Waals surface area contributed by atoms with Crippen molar-refractivity contribution < 1.29 is 9.15 Å². The van der Waals surface area contributed by atoms with Crippen LogP contribution in [0.4, 0.5) is 5.69 Å². The molecule has 0 bridgehead atoms. The summed E-state index contributed by atoms with van der Waals surface area (Å²) in [5.74, 6) is 1.52. The van der Waals surface area contributed by atoms with Crippen LogP contribution in [0.15, 0.2) is 46.9 Å². The largest absolute Gasteiger partial charge is 0.495 e. The topological polar surface area (TPSA) is 60.2 Å². The molecule has 0 fully saturated rings. The lowest BCUT2D eigenvalue weighted by atomic mass is 10.2. The van der Waals surface area contributed by atoms with E-state index in [-0.39, 0.29) is 0 Å². The number of nitrogens with one attached hydrogen (secondary N) is 1. The summed E-state index contributed by atoms with van der Waals surface area (Å²) < 4.78 is 10.7. The summed E-state index contributed by atoms with van der Waals surface area (Å²) in [6.45, 7) is 0.385. The molecule has 0 aliphatic carbocycles. The fraction of sp³-hybridized carbons (Fsp3) is 0.125. The van der Waals surface area contributed by atoms with Crippen LogP contribution in [0, 0.1) is 0 Å². The van der Waals surface area contributed by atoms with Gasteiger partial charge in [0.05, 0.1) is 18.7 Å². The molecule has 7 heteroatoms. The van der Waals surface area contributed by atoms with E-state index in [1.165, 1.54) is 0 Å². The van der Waals surface area contributed by atoms with Crippen molar-refractivity contribution >= 4 is 28.9 Å². The highest BCUT2D eigenvalue weighted by molar-refractivity contribution is 6.32. The summed E-state index contributed by atoms with van der Waals surface area (Å²) in [4.78, 5) is 0. The zero-order chi connectivity index (χ0) is 16.2. The molecule has 23 heavy (non-hydrogen) atoms. The Morgan fingerprint density at radius 2 is 2.00 bits per heavy atom. The van der Waals surface area contributed by atoms with E-state index in [1.54, 1.807) is 31.4 Å². The molecule has 3 aromatic rings. The molecule has 118 valence electrons. The Hall–Kier alpha value is -2.24. The molecule has 1 heterocycles. The highest BCUT2D eigenvalue weighted by Crippen LogP contribution is 2.27.